The normalized spacial score (nSPS) is 32.1. The van der Waals surface area contributed by atoms with Crippen LogP contribution in [0.5, 0.6) is 0 Å². The summed E-state index contributed by atoms with van der Waals surface area (Å²) >= 11 is 0. The van der Waals surface area contributed by atoms with Gasteiger partial charge in [-0.2, -0.15) is 5.26 Å². The van der Waals surface area contributed by atoms with E-state index in [1.807, 2.05) is 11.0 Å². The van der Waals surface area contributed by atoms with Crippen molar-refractivity contribution in [2.75, 3.05) is 13.1 Å². The second-order valence-corrected chi connectivity index (χ2v) is 3.73. The Labute approximate surface area is 72.0 Å². The van der Waals surface area contributed by atoms with Crippen LogP contribution in [0.15, 0.2) is 0 Å². The van der Waals surface area contributed by atoms with Crippen LogP contribution in [0.1, 0.15) is 19.3 Å². The minimum atomic E-state index is 0.0203. The van der Waals surface area contributed by atoms with Crippen molar-refractivity contribution < 1.29 is 4.79 Å². The number of carbonyl (C=O) groups excluding carboxylic acids is 1. The van der Waals surface area contributed by atoms with Gasteiger partial charge in [-0.25, -0.2) is 0 Å². The number of nitriles is 1. The Morgan fingerprint density at radius 2 is 2.00 bits per heavy atom. The first-order chi connectivity index (χ1) is 5.81. The van der Waals surface area contributed by atoms with E-state index in [0.717, 1.165) is 24.9 Å². The van der Waals surface area contributed by atoms with Gasteiger partial charge in [-0.3, -0.25) is 4.79 Å². The molecule has 0 aromatic carbocycles. The number of carbonyl (C=O) groups is 1. The molecule has 1 heterocycles. The van der Waals surface area contributed by atoms with Gasteiger partial charge < -0.3 is 4.90 Å². The minimum Gasteiger partial charge on any atom is -0.341 e. The van der Waals surface area contributed by atoms with E-state index in [2.05, 4.69) is 0 Å². The maximum Gasteiger partial charge on any atom is 0.236 e. The Bertz CT molecular complexity index is 231. The van der Waals surface area contributed by atoms with Gasteiger partial charge in [-0.15, -0.1) is 0 Å². The summed E-state index contributed by atoms with van der Waals surface area (Å²) in [5, 5.41) is 8.35. The number of nitrogens with zero attached hydrogens (tertiary/aromatic N) is 2. The van der Waals surface area contributed by atoms with Crippen molar-refractivity contribution in [2.45, 2.75) is 19.3 Å². The smallest absolute Gasteiger partial charge is 0.236 e. The Balaban J connectivity index is 1.90. The topological polar surface area (TPSA) is 44.1 Å². The van der Waals surface area contributed by atoms with E-state index in [9.17, 15) is 4.79 Å². The van der Waals surface area contributed by atoms with Crippen LogP contribution in [0.3, 0.4) is 0 Å². The van der Waals surface area contributed by atoms with E-state index in [4.69, 9.17) is 5.26 Å². The zero-order chi connectivity index (χ0) is 8.55. The molecule has 0 aromatic heterocycles. The first-order valence-electron chi connectivity index (χ1n) is 4.46. The van der Waals surface area contributed by atoms with Gasteiger partial charge in [0, 0.05) is 13.1 Å². The molecule has 1 amide bonds. The third-order valence-corrected chi connectivity index (χ3v) is 3.07. The summed E-state index contributed by atoms with van der Waals surface area (Å²) in [6.07, 6.45) is 2.61. The van der Waals surface area contributed by atoms with Gasteiger partial charge in [0.15, 0.2) is 0 Å². The zero-order valence-corrected chi connectivity index (χ0v) is 6.99. The molecule has 1 aliphatic heterocycles. The van der Waals surface area contributed by atoms with Crippen molar-refractivity contribution in [2.24, 2.45) is 11.8 Å². The number of hydrogen-bond donors (Lipinski definition) is 0. The lowest BCUT2D eigenvalue weighted by Gasteiger charge is -2.27. The molecule has 0 radical (unpaired) electrons. The largest absolute Gasteiger partial charge is 0.341 e. The molecular weight excluding hydrogens is 152 g/mol. The predicted molar refractivity (Wildman–Crippen MR) is 43.0 cm³/mol. The lowest BCUT2D eigenvalue weighted by Crippen LogP contribution is -2.27. The molecule has 1 aliphatic carbocycles. The van der Waals surface area contributed by atoms with Gasteiger partial charge in [0.25, 0.3) is 0 Å². The molecule has 2 atom stereocenters. The lowest BCUT2D eigenvalue weighted by atomic mass is 9.77. The molecule has 0 bridgehead atoms. The molecule has 3 heteroatoms. The molecule has 3 nitrogen and oxygen atoms in total. The first kappa shape index (κ1) is 7.60. The van der Waals surface area contributed by atoms with Crippen LogP contribution in [0.2, 0.25) is 0 Å². The standard InChI is InChI=1S/C9H12N2O/c10-4-3-9(12)11-5-7-1-2-8(7)6-11/h7-8H,1-3,5-6H2. The quantitative estimate of drug-likeness (QED) is 0.574. The molecule has 2 aliphatic rings. The lowest BCUT2D eigenvalue weighted by molar-refractivity contribution is -0.129. The molecule has 1 saturated heterocycles. The maximum absolute atomic E-state index is 11.3. The van der Waals surface area contributed by atoms with Gasteiger partial charge in [0.05, 0.1) is 6.07 Å². The maximum atomic E-state index is 11.3. The number of fused-ring (bicyclic) bond motifs is 1. The number of rotatable bonds is 1. The summed E-state index contributed by atoms with van der Waals surface area (Å²) in [5.41, 5.74) is 0. The van der Waals surface area contributed by atoms with E-state index >= 15 is 0 Å². The Kier molecular flexibility index (Phi) is 1.76. The van der Waals surface area contributed by atoms with Gasteiger partial charge in [-0.1, -0.05) is 0 Å². The third kappa shape index (κ3) is 1.08. The Morgan fingerprint density at radius 1 is 1.42 bits per heavy atom. The van der Waals surface area contributed by atoms with Crippen molar-refractivity contribution in [3.63, 3.8) is 0 Å². The summed E-state index contributed by atoms with van der Waals surface area (Å²) in [6.45, 7) is 1.82. The molecule has 2 fully saturated rings. The van der Waals surface area contributed by atoms with Crippen molar-refractivity contribution in [3.05, 3.63) is 0 Å². The van der Waals surface area contributed by atoms with E-state index in [-0.39, 0.29) is 12.3 Å². The average Bonchev–Trinajstić information content (AvgIpc) is 2.29. The van der Waals surface area contributed by atoms with Crippen LogP contribution in [-0.2, 0) is 4.79 Å². The molecule has 2 rings (SSSR count). The SMILES string of the molecule is N#CCC(=O)N1CC2CCC2C1. The van der Waals surface area contributed by atoms with Gasteiger partial charge >= 0.3 is 0 Å². The third-order valence-electron chi connectivity index (χ3n) is 3.07. The van der Waals surface area contributed by atoms with Crippen molar-refractivity contribution in [1.29, 1.82) is 5.26 Å². The molecule has 0 spiro atoms. The minimum absolute atomic E-state index is 0.0203. The zero-order valence-electron chi connectivity index (χ0n) is 6.99. The van der Waals surface area contributed by atoms with Crippen LogP contribution < -0.4 is 0 Å². The number of hydrogen-bond acceptors (Lipinski definition) is 2. The monoisotopic (exact) mass is 164 g/mol. The molecule has 64 valence electrons. The molecule has 1 saturated carbocycles. The van der Waals surface area contributed by atoms with E-state index in [1.165, 1.54) is 12.8 Å². The highest BCUT2D eigenvalue weighted by molar-refractivity contribution is 5.78. The van der Waals surface area contributed by atoms with Gasteiger partial charge in [0.2, 0.25) is 5.91 Å². The molecule has 2 unspecified atom stereocenters. The van der Waals surface area contributed by atoms with Crippen molar-refractivity contribution in [1.82, 2.24) is 4.90 Å². The van der Waals surface area contributed by atoms with Gasteiger partial charge in [0.1, 0.15) is 6.42 Å². The summed E-state index contributed by atoms with van der Waals surface area (Å²) in [7, 11) is 0. The van der Waals surface area contributed by atoms with Crippen molar-refractivity contribution in [3.8, 4) is 6.07 Å². The fourth-order valence-corrected chi connectivity index (χ4v) is 2.14. The summed E-state index contributed by atoms with van der Waals surface area (Å²) in [4.78, 5) is 13.1. The highest BCUT2D eigenvalue weighted by Crippen LogP contribution is 2.40. The average molecular weight is 164 g/mol. The van der Waals surface area contributed by atoms with Crippen molar-refractivity contribution >= 4 is 5.91 Å². The number of amides is 1. The fraction of sp³-hybridized carbons (Fsp3) is 0.778. The van der Waals surface area contributed by atoms with Gasteiger partial charge in [-0.05, 0) is 24.7 Å². The first-order valence-corrected chi connectivity index (χ1v) is 4.46. The molecular formula is C9H12N2O. The van der Waals surface area contributed by atoms with E-state index in [1.54, 1.807) is 0 Å². The van der Waals surface area contributed by atoms with Crippen LogP contribution in [0, 0.1) is 23.2 Å². The van der Waals surface area contributed by atoms with Crippen LogP contribution in [0.4, 0.5) is 0 Å². The predicted octanol–water partition coefficient (Wildman–Crippen LogP) is 0.768. The van der Waals surface area contributed by atoms with Crippen LogP contribution >= 0.6 is 0 Å². The summed E-state index contributed by atoms with van der Waals surface area (Å²) < 4.78 is 0. The van der Waals surface area contributed by atoms with Crippen LogP contribution in [-0.4, -0.2) is 23.9 Å². The Hall–Kier alpha value is -1.04. The summed E-state index contributed by atoms with van der Waals surface area (Å²) in [5.74, 6) is 1.53. The summed E-state index contributed by atoms with van der Waals surface area (Å²) in [6, 6.07) is 1.90. The number of likely N-dealkylation sites (tertiary alicyclic amines) is 1. The highest BCUT2D eigenvalue weighted by Gasteiger charge is 2.40. The Morgan fingerprint density at radius 3 is 2.42 bits per heavy atom. The second-order valence-electron chi connectivity index (χ2n) is 3.73. The van der Waals surface area contributed by atoms with Crippen LogP contribution in [0.25, 0.3) is 0 Å². The second kappa shape index (κ2) is 2.78. The van der Waals surface area contributed by atoms with E-state index in [0.29, 0.717) is 0 Å². The fourth-order valence-electron chi connectivity index (χ4n) is 2.14. The molecule has 0 aromatic rings. The molecule has 0 N–H and O–H groups in total. The highest BCUT2D eigenvalue weighted by atomic mass is 16.2. The van der Waals surface area contributed by atoms with E-state index < -0.39 is 0 Å². The molecule has 12 heavy (non-hydrogen) atoms.